The molecule has 1 amide bonds. The highest BCUT2D eigenvalue weighted by molar-refractivity contribution is 7.16. The van der Waals surface area contributed by atoms with E-state index in [0.717, 1.165) is 5.52 Å². The van der Waals surface area contributed by atoms with E-state index in [2.05, 4.69) is 10.9 Å². The maximum atomic E-state index is 13.4. The number of nitrogens with zero attached hydrogens (tertiary/aromatic N) is 2. The summed E-state index contributed by atoms with van der Waals surface area (Å²) in [6, 6.07) is 8.83. The molecule has 0 bridgehead atoms. The zero-order chi connectivity index (χ0) is 17.3. The molecule has 3 rings (SSSR count). The minimum absolute atomic E-state index is 0.216. The van der Waals surface area contributed by atoms with Crippen molar-refractivity contribution in [2.75, 3.05) is 0 Å². The smallest absolute Gasteiger partial charge is 0.279 e. The van der Waals surface area contributed by atoms with Crippen LogP contribution in [0, 0.1) is 18.2 Å². The Labute approximate surface area is 151 Å². The van der Waals surface area contributed by atoms with Crippen molar-refractivity contribution in [1.82, 2.24) is 4.57 Å². The first kappa shape index (κ1) is 16.7. The number of carbonyl (C=O) groups excluding carboxylic acids is 1. The van der Waals surface area contributed by atoms with Gasteiger partial charge in [0.05, 0.1) is 16.8 Å². The molecule has 0 radical (unpaired) electrons. The third-order valence-corrected chi connectivity index (χ3v) is 4.68. The molecule has 0 saturated carbocycles. The number of hydrogen-bond acceptors (Lipinski definition) is 2. The van der Waals surface area contributed by atoms with Crippen LogP contribution in [0.2, 0.25) is 10.0 Å². The standard InChI is InChI=1S/C17H9Cl2FN2OS/c1-2-5-22-14-4-3-13(20)9-15(14)24-17(22)21-16(23)10-6-11(18)8-12(19)7-10/h1,3-4,6-9H,5H2. The van der Waals surface area contributed by atoms with Gasteiger partial charge in [-0.1, -0.05) is 40.5 Å². The lowest BCUT2D eigenvalue weighted by molar-refractivity contribution is 0.0998. The molecule has 3 nitrogen and oxygen atoms in total. The Kier molecular flexibility index (Phi) is 4.72. The van der Waals surface area contributed by atoms with Crippen LogP contribution in [0.25, 0.3) is 10.2 Å². The number of aromatic nitrogens is 1. The number of halogens is 3. The van der Waals surface area contributed by atoms with E-state index in [0.29, 0.717) is 19.5 Å². The summed E-state index contributed by atoms with van der Waals surface area (Å²) in [6.07, 6.45) is 5.39. The fourth-order valence-corrected chi connectivity index (χ4v) is 3.78. The molecule has 120 valence electrons. The second-order valence-corrected chi connectivity index (χ2v) is 6.74. The lowest BCUT2D eigenvalue weighted by atomic mass is 10.2. The number of rotatable bonds is 2. The van der Waals surface area contributed by atoms with Crippen LogP contribution in [-0.4, -0.2) is 10.5 Å². The van der Waals surface area contributed by atoms with Crippen LogP contribution in [0.3, 0.4) is 0 Å². The first-order valence-electron chi connectivity index (χ1n) is 6.75. The minimum atomic E-state index is -0.503. The van der Waals surface area contributed by atoms with Gasteiger partial charge < -0.3 is 4.57 Å². The van der Waals surface area contributed by atoms with Crippen LogP contribution >= 0.6 is 34.5 Å². The molecule has 24 heavy (non-hydrogen) atoms. The summed E-state index contributed by atoms with van der Waals surface area (Å²) in [4.78, 5) is 16.9. The maximum Gasteiger partial charge on any atom is 0.279 e. The fourth-order valence-electron chi connectivity index (χ4n) is 2.21. The molecule has 7 heteroatoms. The van der Waals surface area contributed by atoms with Crippen LogP contribution in [0.4, 0.5) is 4.39 Å². The van der Waals surface area contributed by atoms with E-state index in [1.165, 1.54) is 41.7 Å². The molecule has 0 spiro atoms. The van der Waals surface area contributed by atoms with Crippen molar-refractivity contribution in [2.45, 2.75) is 6.54 Å². The Morgan fingerprint density at radius 3 is 2.62 bits per heavy atom. The molecular formula is C17H9Cl2FN2OS. The summed E-state index contributed by atoms with van der Waals surface area (Å²) in [5.41, 5.74) is 0.985. The molecule has 0 saturated heterocycles. The average molecular weight is 379 g/mol. The second-order valence-electron chi connectivity index (χ2n) is 4.86. The Morgan fingerprint density at radius 1 is 1.25 bits per heavy atom. The number of carbonyl (C=O) groups is 1. The summed E-state index contributed by atoms with van der Waals surface area (Å²) >= 11 is 13.0. The van der Waals surface area contributed by atoms with E-state index in [1.807, 2.05) is 0 Å². The van der Waals surface area contributed by atoms with E-state index < -0.39 is 5.91 Å². The Morgan fingerprint density at radius 2 is 1.96 bits per heavy atom. The van der Waals surface area contributed by atoms with Gasteiger partial charge in [0, 0.05) is 15.6 Å². The molecule has 0 aliphatic carbocycles. The van der Waals surface area contributed by atoms with E-state index >= 15 is 0 Å². The van der Waals surface area contributed by atoms with Crippen molar-refractivity contribution < 1.29 is 9.18 Å². The number of fused-ring (bicyclic) bond motifs is 1. The Balaban J connectivity index is 2.17. The SMILES string of the molecule is C#CCn1c(=NC(=O)c2cc(Cl)cc(Cl)c2)sc2cc(F)ccc21. The molecule has 0 N–H and O–H groups in total. The van der Waals surface area contributed by atoms with Gasteiger partial charge in [0.2, 0.25) is 0 Å². The average Bonchev–Trinajstić information content (AvgIpc) is 2.83. The number of hydrogen-bond donors (Lipinski definition) is 0. The van der Waals surface area contributed by atoms with Crippen molar-refractivity contribution in [2.24, 2.45) is 4.99 Å². The third kappa shape index (κ3) is 3.36. The Hall–Kier alpha value is -2.13. The van der Waals surface area contributed by atoms with E-state index in [9.17, 15) is 9.18 Å². The zero-order valence-corrected chi connectivity index (χ0v) is 14.4. The van der Waals surface area contributed by atoms with Crippen molar-refractivity contribution in [3.8, 4) is 12.3 Å². The van der Waals surface area contributed by atoms with E-state index in [4.69, 9.17) is 29.6 Å². The molecule has 0 fully saturated rings. The molecule has 0 atom stereocenters. The summed E-state index contributed by atoms with van der Waals surface area (Å²) in [7, 11) is 0. The van der Waals surface area contributed by atoms with Crippen molar-refractivity contribution in [3.63, 3.8) is 0 Å². The normalized spacial score (nSPS) is 11.7. The van der Waals surface area contributed by atoms with Gasteiger partial charge in [-0.15, -0.1) is 6.42 Å². The van der Waals surface area contributed by atoms with Gasteiger partial charge in [-0.2, -0.15) is 4.99 Å². The zero-order valence-electron chi connectivity index (χ0n) is 12.1. The first-order valence-corrected chi connectivity index (χ1v) is 8.32. The van der Waals surface area contributed by atoms with Gasteiger partial charge in [-0.05, 0) is 36.4 Å². The maximum absolute atomic E-state index is 13.4. The van der Waals surface area contributed by atoms with Gasteiger partial charge in [0.1, 0.15) is 5.82 Å². The highest BCUT2D eigenvalue weighted by Gasteiger charge is 2.11. The highest BCUT2D eigenvalue weighted by atomic mass is 35.5. The van der Waals surface area contributed by atoms with Gasteiger partial charge in [0.25, 0.3) is 5.91 Å². The van der Waals surface area contributed by atoms with Crippen molar-refractivity contribution in [3.05, 3.63) is 62.6 Å². The van der Waals surface area contributed by atoms with Gasteiger partial charge in [-0.3, -0.25) is 4.79 Å². The summed E-state index contributed by atoms with van der Waals surface area (Å²) < 4.78 is 15.7. The third-order valence-electron chi connectivity index (χ3n) is 3.20. The van der Waals surface area contributed by atoms with Gasteiger partial charge in [-0.25, -0.2) is 4.39 Å². The largest absolute Gasteiger partial charge is 0.305 e. The van der Waals surface area contributed by atoms with Crippen molar-refractivity contribution in [1.29, 1.82) is 0 Å². The summed E-state index contributed by atoms with van der Waals surface area (Å²) in [5.74, 6) is 1.64. The van der Waals surface area contributed by atoms with Crippen molar-refractivity contribution >= 4 is 50.7 Å². The minimum Gasteiger partial charge on any atom is -0.305 e. The molecule has 2 aromatic carbocycles. The quantitative estimate of drug-likeness (QED) is 0.603. The highest BCUT2D eigenvalue weighted by Crippen LogP contribution is 2.21. The lowest BCUT2D eigenvalue weighted by Crippen LogP contribution is -2.16. The second kappa shape index (κ2) is 6.78. The number of terminal acetylenes is 1. The molecule has 1 heterocycles. The topological polar surface area (TPSA) is 34.4 Å². The van der Waals surface area contributed by atoms with Crippen LogP contribution in [0.15, 0.2) is 41.4 Å². The summed E-state index contributed by atoms with van der Waals surface area (Å²) in [5, 5.41) is 0.687. The molecular weight excluding hydrogens is 370 g/mol. The van der Waals surface area contributed by atoms with Crippen LogP contribution < -0.4 is 4.80 Å². The predicted octanol–water partition coefficient (Wildman–Crippen LogP) is 4.52. The van der Waals surface area contributed by atoms with Crippen LogP contribution in [-0.2, 0) is 6.54 Å². The van der Waals surface area contributed by atoms with E-state index in [1.54, 1.807) is 10.6 Å². The molecule has 3 aromatic rings. The Bertz CT molecular complexity index is 1040. The lowest BCUT2D eigenvalue weighted by Gasteiger charge is -2.00. The molecule has 0 aliphatic rings. The first-order chi connectivity index (χ1) is 11.5. The predicted molar refractivity (Wildman–Crippen MR) is 95.0 cm³/mol. The summed E-state index contributed by atoms with van der Waals surface area (Å²) in [6.45, 7) is 0.216. The van der Waals surface area contributed by atoms with Gasteiger partial charge >= 0.3 is 0 Å². The van der Waals surface area contributed by atoms with E-state index in [-0.39, 0.29) is 17.9 Å². The van der Waals surface area contributed by atoms with Gasteiger partial charge in [0.15, 0.2) is 4.80 Å². The number of amides is 1. The molecule has 1 aromatic heterocycles. The molecule has 0 unspecified atom stereocenters. The van der Waals surface area contributed by atoms with Crippen LogP contribution in [0.5, 0.6) is 0 Å². The molecule has 0 aliphatic heterocycles. The van der Waals surface area contributed by atoms with Crippen LogP contribution in [0.1, 0.15) is 10.4 Å². The monoisotopic (exact) mass is 378 g/mol. The number of thiazole rings is 1. The fraction of sp³-hybridized carbons (Fsp3) is 0.0588. The number of benzene rings is 2.